The molecular formula is C31H41N3O5S. The molecule has 2 N–H and O–H groups in total. The molecule has 0 saturated heterocycles. The Morgan fingerprint density at radius 3 is 2.20 bits per heavy atom. The van der Waals surface area contributed by atoms with Crippen LogP contribution < -0.4 is 15.4 Å². The van der Waals surface area contributed by atoms with Gasteiger partial charge in [-0.15, -0.1) is 6.42 Å². The number of unbranched alkanes of at least 4 members (excludes halogenated alkanes) is 3. The van der Waals surface area contributed by atoms with Crippen LogP contribution in [0, 0.1) is 12.3 Å². The second-order valence-corrected chi connectivity index (χ2v) is 10.7. The molecule has 0 radical (unpaired) electrons. The number of amides is 3. The number of methoxy groups -OCH3 is 1. The average Bonchev–Trinajstić information content (AvgIpc) is 2.92. The van der Waals surface area contributed by atoms with Crippen LogP contribution in [0.5, 0.6) is 5.75 Å². The first-order valence-electron chi connectivity index (χ1n) is 13.4. The SMILES string of the molecule is C#Cc1ccc(C(C(=O)Nc2ccc(OC)cc2)N(CCCCCC)C(=O)C(CS)NC(=O)OC(C)(C)C)cc1. The fraction of sp³-hybridized carbons (Fsp3) is 0.452. The first kappa shape index (κ1) is 32.6. The number of nitrogens with zero attached hydrogens (tertiary/aromatic N) is 1. The minimum Gasteiger partial charge on any atom is -0.497 e. The monoisotopic (exact) mass is 567 g/mol. The maximum absolute atomic E-state index is 14.0. The number of rotatable bonds is 13. The van der Waals surface area contributed by atoms with E-state index in [4.69, 9.17) is 15.9 Å². The van der Waals surface area contributed by atoms with E-state index in [9.17, 15) is 14.4 Å². The van der Waals surface area contributed by atoms with Gasteiger partial charge in [0.05, 0.1) is 7.11 Å². The zero-order chi connectivity index (χ0) is 29.7. The topological polar surface area (TPSA) is 97.0 Å². The van der Waals surface area contributed by atoms with Gasteiger partial charge in [0.15, 0.2) is 0 Å². The number of carbonyl (C=O) groups is 3. The van der Waals surface area contributed by atoms with E-state index >= 15 is 0 Å². The molecule has 8 nitrogen and oxygen atoms in total. The zero-order valence-electron chi connectivity index (χ0n) is 24.0. The highest BCUT2D eigenvalue weighted by Crippen LogP contribution is 2.26. The van der Waals surface area contributed by atoms with Gasteiger partial charge in [0.2, 0.25) is 5.91 Å². The van der Waals surface area contributed by atoms with E-state index in [-0.39, 0.29) is 5.75 Å². The predicted octanol–water partition coefficient (Wildman–Crippen LogP) is 5.59. The Bertz CT molecular complexity index is 1150. The molecule has 3 amide bonds. The number of hydrogen-bond acceptors (Lipinski definition) is 6. The van der Waals surface area contributed by atoms with Crippen LogP contribution in [-0.4, -0.2) is 53.9 Å². The number of anilines is 1. The van der Waals surface area contributed by atoms with E-state index in [2.05, 4.69) is 36.1 Å². The van der Waals surface area contributed by atoms with Crippen LogP contribution in [0.15, 0.2) is 48.5 Å². The smallest absolute Gasteiger partial charge is 0.408 e. The molecule has 0 aliphatic rings. The summed E-state index contributed by atoms with van der Waals surface area (Å²) in [5.41, 5.74) is 1.04. The second kappa shape index (κ2) is 15.8. The lowest BCUT2D eigenvalue weighted by molar-refractivity contribution is -0.140. The third-order valence-corrected chi connectivity index (χ3v) is 6.38. The predicted molar refractivity (Wildman–Crippen MR) is 162 cm³/mol. The Hall–Kier alpha value is -3.64. The first-order valence-corrected chi connectivity index (χ1v) is 14.1. The maximum atomic E-state index is 14.0. The molecule has 40 heavy (non-hydrogen) atoms. The largest absolute Gasteiger partial charge is 0.497 e. The summed E-state index contributed by atoms with van der Waals surface area (Å²) in [4.78, 5) is 41.9. The van der Waals surface area contributed by atoms with Gasteiger partial charge >= 0.3 is 6.09 Å². The van der Waals surface area contributed by atoms with Crippen LogP contribution in [0.2, 0.25) is 0 Å². The van der Waals surface area contributed by atoms with Gasteiger partial charge in [0, 0.05) is 23.5 Å². The third kappa shape index (κ3) is 10.2. The summed E-state index contributed by atoms with van der Waals surface area (Å²) in [5.74, 6) is 2.40. The number of ether oxygens (including phenoxy) is 2. The van der Waals surface area contributed by atoms with Gasteiger partial charge in [0.25, 0.3) is 5.91 Å². The highest BCUT2D eigenvalue weighted by Gasteiger charge is 2.35. The molecule has 0 spiro atoms. The molecule has 0 aliphatic heterocycles. The summed E-state index contributed by atoms with van der Waals surface area (Å²) < 4.78 is 10.6. The van der Waals surface area contributed by atoms with E-state index in [0.29, 0.717) is 35.5 Å². The van der Waals surface area contributed by atoms with Crippen molar-refractivity contribution in [1.29, 1.82) is 0 Å². The van der Waals surface area contributed by atoms with Gasteiger partial charge < -0.3 is 25.0 Å². The molecule has 2 rings (SSSR count). The molecule has 0 fully saturated rings. The molecular weight excluding hydrogens is 526 g/mol. The lowest BCUT2D eigenvalue weighted by Crippen LogP contribution is -2.53. The summed E-state index contributed by atoms with van der Waals surface area (Å²) in [5, 5.41) is 5.56. The summed E-state index contributed by atoms with van der Waals surface area (Å²) in [7, 11) is 1.56. The molecule has 0 saturated carbocycles. The van der Waals surface area contributed by atoms with Crippen molar-refractivity contribution in [3.8, 4) is 18.1 Å². The normalized spacial score (nSPS) is 12.4. The van der Waals surface area contributed by atoms with Gasteiger partial charge in [-0.05, 0) is 69.2 Å². The molecule has 0 bridgehead atoms. The molecule has 0 heterocycles. The number of carbonyl (C=O) groups excluding carboxylic acids is 3. The van der Waals surface area contributed by atoms with Crippen LogP contribution in [-0.2, 0) is 14.3 Å². The zero-order valence-corrected chi connectivity index (χ0v) is 24.9. The number of terminal acetylenes is 1. The van der Waals surface area contributed by atoms with Crippen molar-refractivity contribution in [2.45, 2.75) is 71.1 Å². The van der Waals surface area contributed by atoms with E-state index in [0.717, 1.165) is 19.3 Å². The minimum absolute atomic E-state index is 0.0202. The molecule has 2 atom stereocenters. The molecule has 2 aromatic carbocycles. The van der Waals surface area contributed by atoms with Crippen molar-refractivity contribution in [3.63, 3.8) is 0 Å². The Morgan fingerprint density at radius 2 is 1.68 bits per heavy atom. The summed E-state index contributed by atoms with van der Waals surface area (Å²) in [6, 6.07) is 11.9. The van der Waals surface area contributed by atoms with E-state index in [1.807, 2.05) is 0 Å². The fourth-order valence-electron chi connectivity index (χ4n) is 4.03. The minimum atomic E-state index is -1.01. The van der Waals surface area contributed by atoms with E-state index < -0.39 is 35.6 Å². The number of benzene rings is 2. The standard InChI is InChI=1S/C31H41N3O5S/c1-7-9-10-11-20-34(29(36)26(21-40)33-30(37)39-31(3,4)5)27(23-14-12-22(8-2)13-15-23)28(35)32-24-16-18-25(38-6)19-17-24/h2,12-19,26-27,40H,7,9-11,20-21H2,1,3-6H3,(H,32,35)(H,33,37). The van der Waals surface area contributed by atoms with Crippen molar-refractivity contribution in [3.05, 3.63) is 59.7 Å². The first-order chi connectivity index (χ1) is 19.0. The Labute approximate surface area is 243 Å². The highest BCUT2D eigenvalue weighted by atomic mass is 32.1. The van der Waals surface area contributed by atoms with Crippen LogP contribution in [0.4, 0.5) is 10.5 Å². The van der Waals surface area contributed by atoms with Crippen molar-refractivity contribution < 1.29 is 23.9 Å². The van der Waals surface area contributed by atoms with E-state index in [1.165, 1.54) is 4.90 Å². The van der Waals surface area contributed by atoms with Crippen LogP contribution >= 0.6 is 12.6 Å². The Kier molecular flexibility index (Phi) is 12.9. The molecule has 216 valence electrons. The molecule has 0 aliphatic carbocycles. The van der Waals surface area contributed by atoms with Gasteiger partial charge in [0.1, 0.15) is 23.4 Å². The van der Waals surface area contributed by atoms with Crippen molar-refractivity contribution in [1.82, 2.24) is 10.2 Å². The maximum Gasteiger partial charge on any atom is 0.408 e. The molecule has 2 unspecified atom stereocenters. The lowest BCUT2D eigenvalue weighted by Gasteiger charge is -2.34. The molecule has 0 aromatic heterocycles. The fourth-order valence-corrected chi connectivity index (χ4v) is 4.28. The van der Waals surface area contributed by atoms with Crippen LogP contribution in [0.25, 0.3) is 0 Å². The van der Waals surface area contributed by atoms with Gasteiger partial charge in [-0.2, -0.15) is 12.6 Å². The van der Waals surface area contributed by atoms with Crippen molar-refractivity contribution in [2.75, 3.05) is 24.7 Å². The van der Waals surface area contributed by atoms with Crippen molar-refractivity contribution >= 4 is 36.2 Å². The molecule has 2 aromatic rings. The lowest BCUT2D eigenvalue weighted by atomic mass is 10.0. The number of alkyl carbamates (subject to hydrolysis) is 1. The average molecular weight is 568 g/mol. The number of thiol groups is 1. The summed E-state index contributed by atoms with van der Waals surface area (Å²) in [6.07, 6.45) is 8.39. The van der Waals surface area contributed by atoms with Crippen LogP contribution in [0.3, 0.4) is 0 Å². The summed E-state index contributed by atoms with van der Waals surface area (Å²) >= 11 is 4.34. The third-order valence-electron chi connectivity index (χ3n) is 6.02. The van der Waals surface area contributed by atoms with Gasteiger partial charge in [-0.25, -0.2) is 4.79 Å². The Morgan fingerprint density at radius 1 is 1.02 bits per heavy atom. The quantitative estimate of drug-likeness (QED) is 0.167. The Balaban J connectivity index is 2.48. The number of hydrogen-bond donors (Lipinski definition) is 3. The van der Waals surface area contributed by atoms with Gasteiger partial charge in [-0.1, -0.05) is 44.2 Å². The van der Waals surface area contributed by atoms with Gasteiger partial charge in [-0.3, -0.25) is 9.59 Å². The van der Waals surface area contributed by atoms with Crippen LogP contribution in [0.1, 0.15) is 70.5 Å². The number of nitrogens with one attached hydrogen (secondary N) is 2. The second-order valence-electron chi connectivity index (χ2n) is 10.4. The van der Waals surface area contributed by atoms with E-state index in [1.54, 1.807) is 76.4 Å². The summed E-state index contributed by atoms with van der Waals surface area (Å²) in [6.45, 7) is 7.62. The molecule has 9 heteroatoms. The van der Waals surface area contributed by atoms with Crippen molar-refractivity contribution in [2.24, 2.45) is 0 Å². The highest BCUT2D eigenvalue weighted by molar-refractivity contribution is 7.80.